The maximum atomic E-state index is 5.36. The van der Waals surface area contributed by atoms with Gasteiger partial charge in [0, 0.05) is 17.8 Å². The molecule has 0 spiro atoms. The summed E-state index contributed by atoms with van der Waals surface area (Å²) in [4.78, 5) is 4.72. The zero-order valence-electron chi connectivity index (χ0n) is 13.8. The fraction of sp³-hybridized carbons (Fsp3) is 0.389. The zero-order chi connectivity index (χ0) is 15.9. The quantitative estimate of drug-likeness (QED) is 0.794. The van der Waals surface area contributed by atoms with Crippen molar-refractivity contribution in [3.8, 4) is 22.8 Å². The van der Waals surface area contributed by atoms with Crippen LogP contribution in [0.1, 0.15) is 24.6 Å². The molecule has 0 aliphatic heterocycles. The Bertz CT molecular complexity index is 626. The highest BCUT2D eigenvalue weighted by atomic mass is 16.5. The minimum atomic E-state index is 0.716. The van der Waals surface area contributed by atoms with E-state index >= 15 is 0 Å². The lowest BCUT2D eigenvalue weighted by molar-refractivity contribution is 0.355. The van der Waals surface area contributed by atoms with Crippen LogP contribution in [0.3, 0.4) is 0 Å². The highest BCUT2D eigenvalue weighted by molar-refractivity contribution is 5.64. The van der Waals surface area contributed by atoms with Gasteiger partial charge in [0.15, 0.2) is 11.5 Å². The molecule has 0 amide bonds. The fourth-order valence-electron chi connectivity index (χ4n) is 2.33. The van der Waals surface area contributed by atoms with Gasteiger partial charge in [-0.05, 0) is 49.7 Å². The van der Waals surface area contributed by atoms with Gasteiger partial charge >= 0.3 is 0 Å². The summed E-state index contributed by atoms with van der Waals surface area (Å²) >= 11 is 0. The van der Waals surface area contributed by atoms with E-state index < -0.39 is 0 Å². The Morgan fingerprint density at radius 1 is 1.05 bits per heavy atom. The van der Waals surface area contributed by atoms with Crippen LogP contribution in [0.25, 0.3) is 11.3 Å². The van der Waals surface area contributed by atoms with Crippen LogP contribution < -0.4 is 14.8 Å². The van der Waals surface area contributed by atoms with Crippen LogP contribution in [-0.2, 0) is 6.54 Å². The third-order valence-electron chi connectivity index (χ3n) is 3.62. The smallest absolute Gasteiger partial charge is 0.161 e. The number of rotatable bonds is 7. The van der Waals surface area contributed by atoms with Crippen LogP contribution in [0.2, 0.25) is 0 Å². The van der Waals surface area contributed by atoms with Crippen LogP contribution in [0.15, 0.2) is 30.3 Å². The Morgan fingerprint density at radius 3 is 2.45 bits per heavy atom. The monoisotopic (exact) mass is 300 g/mol. The van der Waals surface area contributed by atoms with Gasteiger partial charge in [-0.2, -0.15) is 0 Å². The molecule has 0 unspecified atom stereocenters. The summed E-state index contributed by atoms with van der Waals surface area (Å²) in [5, 5.41) is 3.41. The molecule has 2 aromatic rings. The minimum absolute atomic E-state index is 0.716. The number of hydrogen-bond acceptors (Lipinski definition) is 4. The van der Waals surface area contributed by atoms with Gasteiger partial charge in [0.2, 0.25) is 0 Å². The molecule has 4 nitrogen and oxygen atoms in total. The number of ether oxygens (including phenoxy) is 2. The molecule has 118 valence electrons. The van der Waals surface area contributed by atoms with Crippen molar-refractivity contribution in [2.75, 3.05) is 20.8 Å². The van der Waals surface area contributed by atoms with Gasteiger partial charge in [-0.1, -0.05) is 13.0 Å². The minimum Gasteiger partial charge on any atom is -0.493 e. The van der Waals surface area contributed by atoms with Crippen molar-refractivity contribution in [2.45, 2.75) is 26.8 Å². The number of aromatic nitrogens is 1. The predicted molar refractivity (Wildman–Crippen MR) is 89.5 cm³/mol. The first kappa shape index (κ1) is 16.3. The van der Waals surface area contributed by atoms with E-state index in [-0.39, 0.29) is 0 Å². The summed E-state index contributed by atoms with van der Waals surface area (Å²) in [6, 6.07) is 10.0. The zero-order valence-corrected chi connectivity index (χ0v) is 13.8. The predicted octanol–water partition coefficient (Wildman–Crippen LogP) is 3.57. The molecule has 1 aromatic heterocycles. The molecular weight excluding hydrogens is 276 g/mol. The summed E-state index contributed by atoms with van der Waals surface area (Å²) < 4.78 is 10.6. The van der Waals surface area contributed by atoms with Gasteiger partial charge in [0.25, 0.3) is 0 Å². The summed E-state index contributed by atoms with van der Waals surface area (Å²) in [7, 11) is 3.28. The van der Waals surface area contributed by atoms with Crippen molar-refractivity contribution in [3.05, 3.63) is 41.6 Å². The van der Waals surface area contributed by atoms with Crippen molar-refractivity contribution >= 4 is 0 Å². The molecule has 2 rings (SSSR count). The first-order chi connectivity index (χ1) is 10.7. The Kier molecular flexibility index (Phi) is 5.78. The van der Waals surface area contributed by atoms with Gasteiger partial charge in [0.1, 0.15) is 0 Å². The van der Waals surface area contributed by atoms with E-state index in [0.717, 1.165) is 42.2 Å². The molecular formula is C18H24N2O2. The molecule has 0 saturated carbocycles. The lowest BCUT2D eigenvalue weighted by Crippen LogP contribution is -2.15. The Labute approximate surface area is 132 Å². The van der Waals surface area contributed by atoms with Crippen molar-refractivity contribution < 1.29 is 9.47 Å². The van der Waals surface area contributed by atoms with Crippen LogP contribution in [0, 0.1) is 6.92 Å². The molecule has 1 heterocycles. The fourth-order valence-corrected chi connectivity index (χ4v) is 2.33. The van der Waals surface area contributed by atoms with Crippen molar-refractivity contribution in [1.29, 1.82) is 0 Å². The van der Waals surface area contributed by atoms with Gasteiger partial charge in [0.05, 0.1) is 19.9 Å². The van der Waals surface area contributed by atoms with Gasteiger partial charge in [-0.25, -0.2) is 0 Å². The van der Waals surface area contributed by atoms with Crippen molar-refractivity contribution in [3.63, 3.8) is 0 Å². The average Bonchev–Trinajstić information content (AvgIpc) is 2.55. The number of pyridine rings is 1. The van der Waals surface area contributed by atoms with Gasteiger partial charge < -0.3 is 14.8 Å². The van der Waals surface area contributed by atoms with Crippen LogP contribution in [0.4, 0.5) is 0 Å². The lowest BCUT2D eigenvalue weighted by atomic mass is 10.1. The van der Waals surface area contributed by atoms with E-state index in [1.807, 2.05) is 25.1 Å². The summed E-state index contributed by atoms with van der Waals surface area (Å²) in [5.41, 5.74) is 4.25. The third kappa shape index (κ3) is 3.77. The number of benzene rings is 1. The lowest BCUT2D eigenvalue weighted by Gasteiger charge is -2.11. The molecule has 0 radical (unpaired) electrons. The average molecular weight is 300 g/mol. The number of aryl methyl sites for hydroxylation is 1. The molecule has 4 heteroatoms. The molecule has 1 N–H and O–H groups in total. The number of methoxy groups -OCH3 is 2. The van der Waals surface area contributed by atoms with E-state index in [4.69, 9.17) is 14.5 Å². The molecule has 0 bridgehead atoms. The van der Waals surface area contributed by atoms with Crippen LogP contribution in [-0.4, -0.2) is 25.7 Å². The van der Waals surface area contributed by atoms with Crippen LogP contribution >= 0.6 is 0 Å². The molecule has 0 fully saturated rings. The van der Waals surface area contributed by atoms with Gasteiger partial charge in [-0.15, -0.1) is 0 Å². The molecule has 0 saturated heterocycles. The summed E-state index contributed by atoms with van der Waals surface area (Å²) in [5.74, 6) is 1.44. The highest BCUT2D eigenvalue weighted by Crippen LogP contribution is 2.31. The Morgan fingerprint density at radius 2 is 1.82 bits per heavy atom. The second-order valence-corrected chi connectivity index (χ2v) is 5.19. The topological polar surface area (TPSA) is 43.4 Å². The molecule has 0 aliphatic carbocycles. The van der Waals surface area contributed by atoms with E-state index in [1.54, 1.807) is 14.2 Å². The Balaban J connectivity index is 2.24. The van der Waals surface area contributed by atoms with E-state index in [2.05, 4.69) is 24.4 Å². The van der Waals surface area contributed by atoms with E-state index in [9.17, 15) is 0 Å². The molecule has 1 aromatic carbocycles. The molecule has 0 aliphatic rings. The second-order valence-electron chi connectivity index (χ2n) is 5.19. The van der Waals surface area contributed by atoms with Crippen molar-refractivity contribution in [2.24, 2.45) is 0 Å². The summed E-state index contributed by atoms with van der Waals surface area (Å²) in [6.07, 6.45) is 1.14. The van der Waals surface area contributed by atoms with E-state index in [0.29, 0.717) is 5.75 Å². The maximum Gasteiger partial charge on any atom is 0.161 e. The first-order valence-electron chi connectivity index (χ1n) is 7.59. The van der Waals surface area contributed by atoms with Crippen molar-refractivity contribution in [1.82, 2.24) is 10.3 Å². The normalized spacial score (nSPS) is 10.5. The Hall–Kier alpha value is -2.07. The van der Waals surface area contributed by atoms with E-state index in [1.165, 1.54) is 5.56 Å². The SMILES string of the molecule is CCCNCc1ccc(-c2ccc(OC)c(OC)c2)nc1C. The first-order valence-corrected chi connectivity index (χ1v) is 7.59. The highest BCUT2D eigenvalue weighted by Gasteiger charge is 2.08. The summed E-state index contributed by atoms with van der Waals surface area (Å²) in [6.45, 7) is 6.10. The van der Waals surface area contributed by atoms with Gasteiger partial charge in [-0.3, -0.25) is 4.98 Å². The maximum absolute atomic E-state index is 5.36. The molecule has 0 atom stereocenters. The standard InChI is InChI=1S/C18H24N2O2/c1-5-10-19-12-15-6-8-16(20-13(15)2)14-7-9-17(21-3)18(11-14)22-4/h6-9,11,19H,5,10,12H2,1-4H3. The number of nitrogens with one attached hydrogen (secondary N) is 1. The third-order valence-corrected chi connectivity index (χ3v) is 3.62. The second kappa shape index (κ2) is 7.80. The van der Waals surface area contributed by atoms with Crippen LogP contribution in [0.5, 0.6) is 11.5 Å². The largest absolute Gasteiger partial charge is 0.493 e. The number of nitrogens with zero attached hydrogens (tertiary/aromatic N) is 1. The molecule has 22 heavy (non-hydrogen) atoms. The number of hydrogen-bond donors (Lipinski definition) is 1.